The molecule has 0 aromatic heterocycles. The fraction of sp³-hybridized carbons (Fsp3) is 0.533. The first-order valence-corrected chi connectivity index (χ1v) is 10.4. The van der Waals surface area contributed by atoms with Crippen molar-refractivity contribution >= 4 is 50.6 Å². The van der Waals surface area contributed by atoms with Crippen molar-refractivity contribution in [3.63, 3.8) is 0 Å². The van der Waals surface area contributed by atoms with Gasteiger partial charge < -0.3 is 5.73 Å². The van der Waals surface area contributed by atoms with Crippen molar-refractivity contribution in [3.8, 4) is 0 Å². The van der Waals surface area contributed by atoms with Crippen molar-refractivity contribution in [2.24, 2.45) is 5.73 Å². The van der Waals surface area contributed by atoms with Crippen molar-refractivity contribution in [1.29, 1.82) is 0 Å². The van der Waals surface area contributed by atoms with Crippen LogP contribution in [0.1, 0.15) is 37.3 Å². The summed E-state index contributed by atoms with van der Waals surface area (Å²) < 4.78 is 40.7. The van der Waals surface area contributed by atoms with E-state index in [1.165, 1.54) is 0 Å². The van der Waals surface area contributed by atoms with Gasteiger partial charge in [-0.25, -0.2) is 0 Å². The summed E-state index contributed by atoms with van der Waals surface area (Å²) in [7, 11) is 0. The van der Waals surface area contributed by atoms with Crippen LogP contribution >= 0.6 is 35.7 Å². The van der Waals surface area contributed by atoms with Gasteiger partial charge >= 0.3 is 6.18 Å². The zero-order valence-electron chi connectivity index (χ0n) is 14.8. The van der Waals surface area contributed by atoms with Crippen LogP contribution in [0.15, 0.2) is 11.0 Å². The Morgan fingerprint density at radius 1 is 1.25 bits per heavy atom. The van der Waals surface area contributed by atoms with Gasteiger partial charge in [-0.1, -0.05) is 37.3 Å². The van der Waals surface area contributed by atoms with Crippen molar-refractivity contribution < 1.29 is 23.0 Å². The summed E-state index contributed by atoms with van der Waals surface area (Å²) in [4.78, 5) is 20.1. The predicted molar refractivity (Wildman–Crippen MR) is 108 cm³/mol. The Kier molecular flexibility index (Phi) is 9.60. The monoisotopic (exact) mass is 457 g/mol. The van der Waals surface area contributed by atoms with Crippen LogP contribution in [-0.4, -0.2) is 25.7 Å². The number of hydrogen-bond acceptors (Lipinski definition) is 8. The van der Waals surface area contributed by atoms with Gasteiger partial charge in [-0.2, -0.15) is 13.2 Å². The number of alkyl halides is 3. The maximum atomic E-state index is 13.5. The number of nitro benzene ring substituents is 2. The number of nitrogens with two attached hydrogens (primary N) is 1. The molecule has 0 saturated carbocycles. The lowest BCUT2D eigenvalue weighted by Gasteiger charge is -2.15. The number of thioether (sulfide) groups is 2. The molecule has 0 bridgehead atoms. The molecule has 7 nitrogen and oxygen atoms in total. The van der Waals surface area contributed by atoms with Gasteiger partial charge in [0, 0.05) is 6.07 Å². The van der Waals surface area contributed by atoms with Crippen LogP contribution in [0, 0.1) is 20.2 Å². The Bertz CT molecular complexity index is 760. The summed E-state index contributed by atoms with van der Waals surface area (Å²) in [5, 5.41) is 22.9. The van der Waals surface area contributed by atoms with E-state index in [0.29, 0.717) is 23.6 Å². The van der Waals surface area contributed by atoms with Crippen molar-refractivity contribution in [1.82, 2.24) is 0 Å². The molecule has 1 aromatic carbocycles. The molecule has 1 aromatic rings. The number of hydrogen-bond donors (Lipinski definition) is 1. The minimum absolute atomic E-state index is 0.0725. The molecule has 0 amide bonds. The zero-order chi connectivity index (χ0) is 21.5. The van der Waals surface area contributed by atoms with Crippen LogP contribution in [0.2, 0.25) is 0 Å². The first-order valence-electron chi connectivity index (χ1n) is 8.15. The molecule has 156 valence electrons. The average molecular weight is 458 g/mol. The Morgan fingerprint density at radius 3 is 2.36 bits per heavy atom. The number of unbranched alkanes of at least 4 members (excludes halogenated alkanes) is 1. The lowest BCUT2D eigenvalue weighted by molar-refractivity contribution is -0.397. The van der Waals surface area contributed by atoms with E-state index in [4.69, 9.17) is 18.0 Å². The molecule has 0 aliphatic carbocycles. The highest BCUT2D eigenvalue weighted by molar-refractivity contribution is 8.47. The molecule has 0 unspecified atom stereocenters. The molecule has 0 fully saturated rings. The summed E-state index contributed by atoms with van der Waals surface area (Å²) in [5.41, 5.74) is 1.67. The molecule has 28 heavy (non-hydrogen) atoms. The first kappa shape index (κ1) is 24.6. The van der Waals surface area contributed by atoms with Crippen LogP contribution in [-0.2, 0) is 12.6 Å². The summed E-state index contributed by atoms with van der Waals surface area (Å²) in [6.45, 7) is 2.01. The summed E-state index contributed by atoms with van der Waals surface area (Å²) >= 11 is 6.65. The van der Waals surface area contributed by atoms with Crippen molar-refractivity contribution in [3.05, 3.63) is 37.4 Å². The van der Waals surface area contributed by atoms with Gasteiger partial charge in [0.05, 0.1) is 15.4 Å². The molecule has 0 saturated heterocycles. The fourth-order valence-corrected chi connectivity index (χ4v) is 4.86. The van der Waals surface area contributed by atoms with Crippen LogP contribution < -0.4 is 5.73 Å². The van der Waals surface area contributed by atoms with Crippen LogP contribution in [0.3, 0.4) is 0 Å². The van der Waals surface area contributed by atoms with Crippen molar-refractivity contribution in [2.75, 3.05) is 12.3 Å². The molecule has 1 rings (SSSR count). The molecule has 0 aliphatic rings. The highest BCUT2D eigenvalue weighted by Gasteiger charge is 2.42. The lowest BCUT2D eigenvalue weighted by Crippen LogP contribution is -2.13. The highest BCUT2D eigenvalue weighted by atomic mass is 32.2. The van der Waals surface area contributed by atoms with Crippen LogP contribution in [0.5, 0.6) is 0 Å². The molecular weight excluding hydrogens is 439 g/mol. The van der Waals surface area contributed by atoms with E-state index in [-0.39, 0.29) is 28.5 Å². The zero-order valence-corrected chi connectivity index (χ0v) is 17.2. The number of nitrogens with zero attached hydrogens (tertiary/aromatic N) is 2. The number of thiocarbonyl (C=S) groups is 1. The largest absolute Gasteiger partial charge is 0.418 e. The van der Waals surface area contributed by atoms with E-state index < -0.39 is 37.9 Å². The third kappa shape index (κ3) is 6.57. The molecular formula is C15H18F3N3O4S3. The average Bonchev–Trinajstić information content (AvgIpc) is 2.58. The second-order valence-corrected chi connectivity index (χ2v) is 8.87. The Morgan fingerprint density at radius 2 is 1.89 bits per heavy atom. The van der Waals surface area contributed by atoms with E-state index in [0.717, 1.165) is 24.6 Å². The summed E-state index contributed by atoms with van der Waals surface area (Å²) in [6.07, 6.45) is -3.43. The predicted octanol–water partition coefficient (Wildman–Crippen LogP) is 5.32. The second-order valence-electron chi connectivity index (χ2n) is 5.56. The molecule has 13 heteroatoms. The maximum Gasteiger partial charge on any atom is 0.418 e. The normalized spacial score (nSPS) is 11.5. The van der Waals surface area contributed by atoms with Gasteiger partial charge in [-0.3, -0.25) is 20.2 Å². The number of benzene rings is 1. The smallest absolute Gasteiger partial charge is 0.330 e. The topological polar surface area (TPSA) is 112 Å². The fourth-order valence-electron chi connectivity index (χ4n) is 2.28. The van der Waals surface area contributed by atoms with E-state index in [9.17, 15) is 33.4 Å². The minimum Gasteiger partial charge on any atom is -0.330 e. The molecule has 0 aliphatic heterocycles. The standard InChI is InChI=1S/C15H18F3N3O4S3/c1-2-3-7-27-14(26)28-13-10(15(16,17)18)8-11(20(22)23)9(5-4-6-19)12(13)21(24)25/h8H,2-7,19H2,1H3. The third-order valence-electron chi connectivity index (χ3n) is 3.55. The van der Waals surface area contributed by atoms with Gasteiger partial charge in [0.15, 0.2) is 0 Å². The van der Waals surface area contributed by atoms with E-state index in [1.807, 2.05) is 6.92 Å². The van der Waals surface area contributed by atoms with E-state index in [1.54, 1.807) is 0 Å². The van der Waals surface area contributed by atoms with Gasteiger partial charge in [-0.15, -0.1) is 11.8 Å². The summed E-state index contributed by atoms with van der Waals surface area (Å²) in [6, 6.07) is 0.348. The highest BCUT2D eigenvalue weighted by Crippen LogP contribution is 2.48. The number of rotatable bonds is 9. The lowest BCUT2D eigenvalue weighted by atomic mass is 10.0. The Labute approximate surface area is 172 Å². The Hall–Kier alpha value is -1.44. The quantitative estimate of drug-likeness (QED) is 0.174. The molecule has 0 spiro atoms. The van der Waals surface area contributed by atoms with Gasteiger partial charge in [-0.05, 0) is 31.6 Å². The van der Waals surface area contributed by atoms with Crippen LogP contribution in [0.25, 0.3) is 0 Å². The molecule has 0 atom stereocenters. The second kappa shape index (κ2) is 10.9. The van der Waals surface area contributed by atoms with E-state index >= 15 is 0 Å². The molecule has 0 heterocycles. The maximum absolute atomic E-state index is 13.5. The molecule has 0 radical (unpaired) electrons. The Balaban J connectivity index is 3.65. The SMILES string of the molecule is CCCCSC(=S)Sc1c(C(F)(F)F)cc([N+](=O)[O-])c(CCCN)c1[N+](=O)[O-]. The van der Waals surface area contributed by atoms with Crippen LogP contribution in [0.4, 0.5) is 24.5 Å². The van der Waals surface area contributed by atoms with Crippen molar-refractivity contribution in [2.45, 2.75) is 43.7 Å². The molecule has 2 N–H and O–H groups in total. The third-order valence-corrected chi connectivity index (χ3v) is 6.27. The number of nitro groups is 2. The summed E-state index contributed by atoms with van der Waals surface area (Å²) in [5.74, 6) is 0.560. The van der Waals surface area contributed by atoms with Gasteiger partial charge in [0.2, 0.25) is 0 Å². The number of halogens is 3. The van der Waals surface area contributed by atoms with E-state index in [2.05, 4.69) is 0 Å². The van der Waals surface area contributed by atoms with Gasteiger partial charge in [0.25, 0.3) is 11.4 Å². The van der Waals surface area contributed by atoms with Gasteiger partial charge in [0.1, 0.15) is 14.0 Å². The first-order chi connectivity index (χ1) is 13.0. The minimum atomic E-state index is -5.02.